The summed E-state index contributed by atoms with van der Waals surface area (Å²) in [5.41, 5.74) is 12.2. The van der Waals surface area contributed by atoms with E-state index in [4.69, 9.17) is 14.4 Å². The summed E-state index contributed by atoms with van der Waals surface area (Å²) in [6.07, 6.45) is 0. The summed E-state index contributed by atoms with van der Waals surface area (Å²) >= 11 is 0. The Hall–Kier alpha value is -7.04. The van der Waals surface area contributed by atoms with Crippen molar-refractivity contribution in [2.75, 3.05) is 0 Å². The van der Waals surface area contributed by atoms with Crippen molar-refractivity contribution in [2.45, 2.75) is 0 Å². The Balaban J connectivity index is 1.20. The number of rotatable bonds is 6. The number of para-hydroxylation sites is 1. The molecule has 0 amide bonds. The van der Waals surface area contributed by atoms with Crippen molar-refractivity contribution < 1.29 is 4.42 Å². The van der Waals surface area contributed by atoms with Crippen molar-refractivity contribution >= 4 is 32.8 Å². The zero-order chi connectivity index (χ0) is 34.4. The Labute approximate surface area is 300 Å². The fourth-order valence-electron chi connectivity index (χ4n) is 7.44. The Kier molecular flexibility index (Phi) is 7.10. The first kappa shape index (κ1) is 29.8. The monoisotopic (exact) mass is 665 g/mol. The van der Waals surface area contributed by atoms with Crippen LogP contribution in [0.1, 0.15) is 0 Å². The van der Waals surface area contributed by atoms with Gasteiger partial charge in [0, 0.05) is 44.3 Å². The number of benzene rings is 7. The van der Waals surface area contributed by atoms with Crippen molar-refractivity contribution in [1.82, 2.24) is 14.5 Å². The van der Waals surface area contributed by atoms with Gasteiger partial charge in [-0.3, -0.25) is 0 Å². The summed E-state index contributed by atoms with van der Waals surface area (Å²) < 4.78 is 9.33. The Bertz CT molecular complexity index is 2820. The molecule has 244 valence electrons. The van der Waals surface area contributed by atoms with E-state index in [2.05, 4.69) is 150 Å². The topological polar surface area (TPSA) is 43.9 Å². The molecule has 10 rings (SSSR count). The molecule has 0 N–H and O–H groups in total. The van der Waals surface area contributed by atoms with Crippen molar-refractivity contribution in [3.8, 4) is 62.0 Å². The van der Waals surface area contributed by atoms with Gasteiger partial charge >= 0.3 is 0 Å². The van der Waals surface area contributed by atoms with Crippen LogP contribution < -0.4 is 0 Å². The molecule has 0 saturated heterocycles. The molecular formula is C48H31N3O. The molecule has 10 aromatic rings. The molecule has 0 aliphatic carbocycles. The molecule has 0 aliphatic rings. The molecule has 0 saturated carbocycles. The highest BCUT2D eigenvalue weighted by Gasteiger charge is 2.23. The zero-order valence-corrected chi connectivity index (χ0v) is 28.1. The van der Waals surface area contributed by atoms with Crippen LogP contribution in [-0.4, -0.2) is 14.5 Å². The average Bonchev–Trinajstić information content (AvgIpc) is 3.78. The number of hydrogen-bond donors (Lipinski definition) is 0. The first-order valence-corrected chi connectivity index (χ1v) is 17.5. The van der Waals surface area contributed by atoms with Gasteiger partial charge in [0.05, 0.1) is 27.8 Å². The predicted octanol–water partition coefficient (Wildman–Crippen LogP) is 12.7. The molecule has 0 radical (unpaired) electrons. The van der Waals surface area contributed by atoms with Gasteiger partial charge in [0.25, 0.3) is 0 Å². The molecule has 0 spiro atoms. The van der Waals surface area contributed by atoms with Crippen LogP contribution in [0.25, 0.3) is 94.8 Å². The quantitative estimate of drug-likeness (QED) is 0.178. The normalized spacial score (nSPS) is 11.5. The smallest absolute Gasteiger partial charge is 0.160 e. The lowest BCUT2D eigenvalue weighted by Crippen LogP contribution is -1.97. The van der Waals surface area contributed by atoms with Crippen molar-refractivity contribution in [1.29, 1.82) is 0 Å². The van der Waals surface area contributed by atoms with E-state index in [1.54, 1.807) is 0 Å². The minimum atomic E-state index is 0.697. The second-order valence-electron chi connectivity index (χ2n) is 13.0. The van der Waals surface area contributed by atoms with E-state index in [-0.39, 0.29) is 0 Å². The zero-order valence-electron chi connectivity index (χ0n) is 28.1. The number of furan rings is 1. The minimum absolute atomic E-state index is 0.697. The maximum absolute atomic E-state index is 6.98. The molecule has 52 heavy (non-hydrogen) atoms. The van der Waals surface area contributed by atoms with Crippen LogP contribution in [0.4, 0.5) is 0 Å². The van der Waals surface area contributed by atoms with Crippen molar-refractivity contribution in [3.63, 3.8) is 0 Å². The highest BCUT2D eigenvalue weighted by atomic mass is 16.3. The lowest BCUT2D eigenvalue weighted by atomic mass is 9.98. The fourth-order valence-corrected chi connectivity index (χ4v) is 7.44. The third-order valence-corrected chi connectivity index (χ3v) is 9.82. The summed E-state index contributed by atoms with van der Waals surface area (Å²) in [6.45, 7) is 0. The summed E-state index contributed by atoms with van der Waals surface area (Å²) in [4.78, 5) is 10.1. The van der Waals surface area contributed by atoms with Crippen LogP contribution in [0.5, 0.6) is 0 Å². The Morgan fingerprint density at radius 3 is 1.69 bits per heavy atom. The molecular weight excluding hydrogens is 635 g/mol. The van der Waals surface area contributed by atoms with Crippen LogP contribution in [0, 0.1) is 0 Å². The third-order valence-electron chi connectivity index (χ3n) is 9.82. The highest BCUT2D eigenvalue weighted by molar-refractivity contribution is 6.22. The van der Waals surface area contributed by atoms with Gasteiger partial charge in [0.15, 0.2) is 5.82 Å². The molecule has 0 fully saturated rings. The SMILES string of the molecule is c1ccc(-c2cc(-c3cccc(-n4c5ccccc5c5c6oc(-c7ccccc7)c(-c7ccccc7)c6ccc54)c3)nc(-c3ccccc3)n2)cc1. The van der Waals surface area contributed by atoms with E-state index < -0.39 is 0 Å². The first-order chi connectivity index (χ1) is 25.8. The number of aromatic nitrogens is 3. The Morgan fingerprint density at radius 2 is 0.981 bits per heavy atom. The fraction of sp³-hybridized carbons (Fsp3) is 0. The standard InChI is InChI=1S/C48H31N3O/c1-5-16-32(17-6-1)40-31-41(50-48(49-40)35-22-11-4-12-23-35)36-24-15-25-37(30-36)51-42-27-14-13-26-38(42)45-43(51)29-28-39-44(33-18-7-2-8-19-33)46(52-47(39)45)34-20-9-3-10-21-34/h1-31H. The van der Waals surface area contributed by atoms with Crippen LogP contribution >= 0.6 is 0 Å². The van der Waals surface area contributed by atoms with Gasteiger partial charge in [-0.15, -0.1) is 0 Å². The summed E-state index contributed by atoms with van der Waals surface area (Å²) in [5, 5.41) is 3.33. The lowest BCUT2D eigenvalue weighted by Gasteiger charge is -2.12. The van der Waals surface area contributed by atoms with Gasteiger partial charge in [-0.05, 0) is 42.0 Å². The largest absolute Gasteiger partial charge is 0.455 e. The first-order valence-electron chi connectivity index (χ1n) is 17.5. The number of fused-ring (bicyclic) bond motifs is 5. The maximum atomic E-state index is 6.98. The summed E-state index contributed by atoms with van der Waals surface area (Å²) in [7, 11) is 0. The van der Waals surface area contributed by atoms with Crippen LogP contribution in [0.15, 0.2) is 192 Å². The molecule has 7 aromatic carbocycles. The Morgan fingerprint density at radius 1 is 0.404 bits per heavy atom. The van der Waals surface area contributed by atoms with E-state index in [9.17, 15) is 0 Å². The van der Waals surface area contributed by atoms with E-state index in [0.29, 0.717) is 5.82 Å². The van der Waals surface area contributed by atoms with Gasteiger partial charge in [0.2, 0.25) is 0 Å². The van der Waals surface area contributed by atoms with Gasteiger partial charge in [-0.2, -0.15) is 0 Å². The summed E-state index contributed by atoms with van der Waals surface area (Å²) in [6, 6.07) is 65.3. The van der Waals surface area contributed by atoms with Crippen molar-refractivity contribution in [3.05, 3.63) is 188 Å². The minimum Gasteiger partial charge on any atom is -0.455 e. The summed E-state index contributed by atoms with van der Waals surface area (Å²) in [5.74, 6) is 1.57. The average molecular weight is 666 g/mol. The van der Waals surface area contributed by atoms with Crippen LogP contribution in [0.2, 0.25) is 0 Å². The molecule has 0 aliphatic heterocycles. The van der Waals surface area contributed by atoms with E-state index >= 15 is 0 Å². The molecule has 0 unspecified atom stereocenters. The lowest BCUT2D eigenvalue weighted by molar-refractivity contribution is 0.636. The second-order valence-corrected chi connectivity index (χ2v) is 13.0. The van der Waals surface area contributed by atoms with Crippen LogP contribution in [0.3, 0.4) is 0 Å². The molecule has 3 aromatic heterocycles. The van der Waals surface area contributed by atoms with Gasteiger partial charge < -0.3 is 8.98 Å². The highest BCUT2D eigenvalue weighted by Crippen LogP contribution is 2.46. The van der Waals surface area contributed by atoms with E-state index in [1.807, 2.05) is 42.5 Å². The van der Waals surface area contributed by atoms with Gasteiger partial charge in [0.1, 0.15) is 11.3 Å². The van der Waals surface area contributed by atoms with E-state index in [1.165, 1.54) is 0 Å². The predicted molar refractivity (Wildman–Crippen MR) is 213 cm³/mol. The second kappa shape index (κ2) is 12.4. The number of hydrogen-bond acceptors (Lipinski definition) is 3. The molecule has 3 heterocycles. The maximum Gasteiger partial charge on any atom is 0.160 e. The van der Waals surface area contributed by atoms with E-state index in [0.717, 1.165) is 89.0 Å². The molecule has 4 nitrogen and oxygen atoms in total. The molecule has 4 heteroatoms. The number of nitrogens with zero attached hydrogens (tertiary/aromatic N) is 3. The third kappa shape index (κ3) is 5.00. The molecule has 0 atom stereocenters. The van der Waals surface area contributed by atoms with Crippen LogP contribution in [-0.2, 0) is 0 Å². The van der Waals surface area contributed by atoms with Gasteiger partial charge in [-0.25, -0.2) is 9.97 Å². The van der Waals surface area contributed by atoms with Crippen molar-refractivity contribution in [2.24, 2.45) is 0 Å². The molecule has 0 bridgehead atoms. The van der Waals surface area contributed by atoms with Gasteiger partial charge in [-0.1, -0.05) is 152 Å².